The number of furan rings is 1. The Labute approximate surface area is 312 Å². The van der Waals surface area contributed by atoms with Crippen LogP contribution in [0.1, 0.15) is 0 Å². The monoisotopic (exact) mass is 688 g/mol. The van der Waals surface area contributed by atoms with E-state index >= 15 is 0 Å². The molecule has 0 aliphatic rings. The first kappa shape index (κ1) is 30.4. The summed E-state index contributed by atoms with van der Waals surface area (Å²) in [6.45, 7) is 0. The van der Waals surface area contributed by atoms with E-state index in [-0.39, 0.29) is 0 Å². The fourth-order valence-electron chi connectivity index (χ4n) is 8.32. The summed E-state index contributed by atoms with van der Waals surface area (Å²) in [4.78, 5) is 7.12. The zero-order valence-electron chi connectivity index (χ0n) is 29.3. The predicted octanol–water partition coefficient (Wildman–Crippen LogP) is 14.4. The molecule has 252 valence electrons. The van der Waals surface area contributed by atoms with Crippen LogP contribution in [0.25, 0.3) is 87.3 Å². The lowest BCUT2D eigenvalue weighted by Crippen LogP contribution is -2.10. The second-order valence-electron chi connectivity index (χ2n) is 14.0. The van der Waals surface area contributed by atoms with Crippen molar-refractivity contribution < 1.29 is 4.42 Å². The number of anilines is 3. The van der Waals surface area contributed by atoms with Crippen LogP contribution in [0.3, 0.4) is 0 Å². The van der Waals surface area contributed by atoms with Crippen LogP contribution in [0.2, 0.25) is 0 Å². The summed E-state index contributed by atoms with van der Waals surface area (Å²) in [5, 5.41) is 11.8. The number of hydrogen-bond donors (Lipinski definition) is 0. The highest BCUT2D eigenvalue weighted by Gasteiger charge is 2.21. The number of rotatable bonds is 5. The van der Waals surface area contributed by atoms with Gasteiger partial charge in [0.2, 0.25) is 0 Å². The third-order valence-electron chi connectivity index (χ3n) is 10.9. The quantitative estimate of drug-likeness (QED) is 0.169. The van der Waals surface area contributed by atoms with Crippen molar-refractivity contribution in [2.24, 2.45) is 0 Å². The molecule has 2 heterocycles. The molecule has 0 N–H and O–H groups in total. The van der Waals surface area contributed by atoms with E-state index in [2.05, 4.69) is 187 Å². The smallest absolute Gasteiger partial charge is 0.162 e. The molecule has 0 bridgehead atoms. The molecule has 0 atom stereocenters. The average Bonchev–Trinajstić information content (AvgIpc) is 3.61. The second-order valence-corrected chi connectivity index (χ2v) is 14.0. The molecule has 11 rings (SSSR count). The van der Waals surface area contributed by atoms with Crippen molar-refractivity contribution in [1.29, 1.82) is 0 Å². The minimum Gasteiger partial charge on any atom is -0.454 e. The number of fused-ring (bicyclic) bond motifs is 8. The topological polar surface area (TPSA) is 29.3 Å². The van der Waals surface area contributed by atoms with Crippen LogP contribution < -0.4 is 4.90 Å². The maximum Gasteiger partial charge on any atom is 0.162 e. The fraction of sp³-hybridized carbons (Fsp3) is 0. The molecule has 11 aromatic rings. The Balaban J connectivity index is 1.12. The van der Waals surface area contributed by atoms with Gasteiger partial charge < -0.3 is 9.32 Å². The van der Waals surface area contributed by atoms with E-state index in [9.17, 15) is 0 Å². The molecule has 0 saturated carbocycles. The molecule has 0 unspecified atom stereocenters. The minimum absolute atomic E-state index is 0.801. The largest absolute Gasteiger partial charge is 0.454 e. The molecular weight excluding hydrogens is 657 g/mol. The Bertz CT molecular complexity index is 3230. The van der Waals surface area contributed by atoms with Crippen molar-refractivity contribution in [3.05, 3.63) is 194 Å². The van der Waals surface area contributed by atoms with Crippen molar-refractivity contribution in [3.8, 4) is 22.3 Å². The summed E-state index contributed by atoms with van der Waals surface area (Å²) >= 11 is 0. The number of aromatic nitrogens is 1. The normalized spacial score (nSPS) is 11.7. The number of hydrogen-bond acceptors (Lipinski definition) is 3. The Morgan fingerprint density at radius 1 is 0.370 bits per heavy atom. The number of benzene rings is 9. The van der Waals surface area contributed by atoms with Crippen LogP contribution in [-0.4, -0.2) is 4.98 Å². The van der Waals surface area contributed by atoms with Crippen LogP contribution in [0.15, 0.2) is 199 Å². The van der Waals surface area contributed by atoms with Crippen LogP contribution in [0, 0.1) is 0 Å². The molecule has 0 radical (unpaired) electrons. The third-order valence-corrected chi connectivity index (χ3v) is 10.9. The minimum atomic E-state index is 0.801. The molecule has 3 nitrogen and oxygen atoms in total. The van der Waals surface area contributed by atoms with Crippen molar-refractivity contribution in [2.75, 3.05) is 4.90 Å². The molecule has 0 saturated heterocycles. The molecule has 0 aliphatic carbocycles. The Morgan fingerprint density at radius 3 is 1.87 bits per heavy atom. The van der Waals surface area contributed by atoms with Crippen LogP contribution in [0.5, 0.6) is 0 Å². The van der Waals surface area contributed by atoms with Gasteiger partial charge >= 0.3 is 0 Å². The Morgan fingerprint density at radius 2 is 1.04 bits per heavy atom. The first-order valence-corrected chi connectivity index (χ1v) is 18.4. The maximum atomic E-state index is 6.79. The van der Waals surface area contributed by atoms with Gasteiger partial charge in [-0.15, -0.1) is 0 Å². The van der Waals surface area contributed by atoms with Gasteiger partial charge in [0.15, 0.2) is 5.58 Å². The zero-order chi connectivity index (χ0) is 35.6. The van der Waals surface area contributed by atoms with Gasteiger partial charge in [-0.2, -0.15) is 0 Å². The van der Waals surface area contributed by atoms with E-state index in [4.69, 9.17) is 9.40 Å². The van der Waals surface area contributed by atoms with Crippen LogP contribution in [0.4, 0.5) is 17.1 Å². The van der Waals surface area contributed by atoms with E-state index in [1.54, 1.807) is 0 Å². The highest BCUT2D eigenvalue weighted by Crippen LogP contribution is 2.44. The van der Waals surface area contributed by atoms with Gasteiger partial charge in [-0.25, -0.2) is 0 Å². The summed E-state index contributed by atoms with van der Waals surface area (Å²) < 4.78 is 6.79. The van der Waals surface area contributed by atoms with E-state index in [0.717, 1.165) is 55.5 Å². The lowest BCUT2D eigenvalue weighted by Gasteiger charge is -2.26. The van der Waals surface area contributed by atoms with Crippen molar-refractivity contribution in [3.63, 3.8) is 0 Å². The highest BCUT2D eigenvalue weighted by atomic mass is 16.3. The highest BCUT2D eigenvalue weighted by molar-refractivity contribution is 6.15. The summed E-state index contributed by atoms with van der Waals surface area (Å²) in [5.74, 6) is 0. The SMILES string of the molecule is c1cc(-c2cccc3ccccc23)cc(N(c2ccc(-c3cc4ccccc4c4ccccc34)cc2)c2cncc3c2oc2cc4ccccc4cc23)c1. The molecular formula is C51H32N2O. The molecule has 3 heteroatoms. The van der Waals surface area contributed by atoms with Gasteiger partial charge in [0.25, 0.3) is 0 Å². The second kappa shape index (κ2) is 12.2. The van der Waals surface area contributed by atoms with Crippen LogP contribution >= 0.6 is 0 Å². The molecule has 0 fully saturated rings. The zero-order valence-corrected chi connectivity index (χ0v) is 29.3. The molecule has 0 spiro atoms. The van der Waals surface area contributed by atoms with Gasteiger partial charge in [0, 0.05) is 28.3 Å². The summed E-state index contributed by atoms with van der Waals surface area (Å²) in [5.41, 5.74) is 9.28. The van der Waals surface area contributed by atoms with Crippen molar-refractivity contribution >= 4 is 82.1 Å². The fourth-order valence-corrected chi connectivity index (χ4v) is 8.32. The summed E-state index contributed by atoms with van der Waals surface area (Å²) in [6.07, 6.45) is 3.86. The maximum absolute atomic E-state index is 6.79. The van der Waals surface area contributed by atoms with E-state index in [1.165, 1.54) is 48.8 Å². The number of pyridine rings is 1. The summed E-state index contributed by atoms with van der Waals surface area (Å²) in [6, 6.07) is 65.3. The molecule has 0 aliphatic heterocycles. The Kier molecular flexibility index (Phi) is 6.86. The van der Waals surface area contributed by atoms with Gasteiger partial charge in [-0.3, -0.25) is 4.98 Å². The molecule has 9 aromatic carbocycles. The molecule has 54 heavy (non-hydrogen) atoms. The third kappa shape index (κ3) is 4.87. The lowest BCUT2D eigenvalue weighted by atomic mass is 9.93. The van der Waals surface area contributed by atoms with Crippen molar-refractivity contribution in [2.45, 2.75) is 0 Å². The molecule has 0 amide bonds. The molecule has 2 aromatic heterocycles. The standard InChI is InChI=1S/C51H32N2O/c1-2-13-36-30-50-47(28-35(36)12-1)48-31-52-32-49(51(48)54-50)53(40-17-9-16-37(27-40)42-22-10-15-33-11-3-5-18-41(33)42)39-25-23-34(24-26-39)46-29-38-14-4-6-19-43(38)44-20-7-8-21-45(44)46/h1-32H. The lowest BCUT2D eigenvalue weighted by molar-refractivity contribution is 0.669. The van der Waals surface area contributed by atoms with Gasteiger partial charge in [0.1, 0.15) is 11.3 Å². The summed E-state index contributed by atoms with van der Waals surface area (Å²) in [7, 11) is 0. The van der Waals surface area contributed by atoms with E-state index < -0.39 is 0 Å². The van der Waals surface area contributed by atoms with E-state index in [0.29, 0.717) is 0 Å². The van der Waals surface area contributed by atoms with Crippen molar-refractivity contribution in [1.82, 2.24) is 4.98 Å². The first-order chi connectivity index (χ1) is 26.8. The average molecular weight is 689 g/mol. The van der Waals surface area contributed by atoms with E-state index in [1.807, 2.05) is 12.4 Å². The van der Waals surface area contributed by atoms with Crippen LogP contribution in [-0.2, 0) is 0 Å². The first-order valence-electron chi connectivity index (χ1n) is 18.4. The van der Waals surface area contributed by atoms with Gasteiger partial charge in [-0.05, 0) is 108 Å². The van der Waals surface area contributed by atoms with Gasteiger partial charge in [0.05, 0.1) is 6.20 Å². The number of nitrogens with zero attached hydrogens (tertiary/aromatic N) is 2. The predicted molar refractivity (Wildman–Crippen MR) is 227 cm³/mol. The van der Waals surface area contributed by atoms with Gasteiger partial charge in [-0.1, -0.05) is 140 Å². The Hall–Kier alpha value is -7.23.